The van der Waals surface area contributed by atoms with E-state index >= 15 is 0 Å². The van der Waals surface area contributed by atoms with Crippen molar-refractivity contribution in [2.45, 2.75) is 31.5 Å². The van der Waals surface area contributed by atoms with Crippen molar-refractivity contribution < 1.29 is 14.3 Å². The Morgan fingerprint density at radius 1 is 1.04 bits per heavy atom. The lowest BCUT2D eigenvalue weighted by Gasteiger charge is -2.42. The number of benzene rings is 2. The summed E-state index contributed by atoms with van der Waals surface area (Å²) in [7, 11) is 0. The monoisotopic (exact) mass is 384 g/mol. The number of likely N-dealkylation sites (tertiary alicyclic amines) is 1. The zero-order valence-corrected chi connectivity index (χ0v) is 15.9. The number of β-lactam (4-membered cyclic amide) rings is 1. The van der Waals surface area contributed by atoms with Crippen LogP contribution in [0, 0.1) is 0 Å². The number of carbonyl (C=O) groups is 2. The second-order valence-corrected chi connectivity index (χ2v) is 7.01. The summed E-state index contributed by atoms with van der Waals surface area (Å²) < 4.78 is 5.84. The molecular weight excluding hydrogens is 364 g/mol. The predicted molar refractivity (Wildman–Crippen MR) is 104 cm³/mol. The van der Waals surface area contributed by atoms with Gasteiger partial charge < -0.3 is 10.5 Å². The Morgan fingerprint density at radius 3 is 1.93 bits per heavy atom. The van der Waals surface area contributed by atoms with Gasteiger partial charge in [0.1, 0.15) is 17.2 Å². The Hall–Kier alpha value is -2.63. The summed E-state index contributed by atoms with van der Waals surface area (Å²) in [5, 5.41) is 0. The second kappa shape index (κ2) is 7.94. The smallest absolute Gasteiger partial charge is 0.355 e. The number of hydrogen-bond donors (Lipinski definition) is 1. The average molecular weight is 385 g/mol. The minimum absolute atomic E-state index is 0.138. The van der Waals surface area contributed by atoms with Gasteiger partial charge in [0.2, 0.25) is 5.91 Å². The third-order valence-electron chi connectivity index (χ3n) is 4.40. The summed E-state index contributed by atoms with van der Waals surface area (Å²) >= 11 is 6.15. The quantitative estimate of drug-likeness (QED) is 0.282. The van der Waals surface area contributed by atoms with Crippen LogP contribution >= 0.6 is 11.6 Å². The van der Waals surface area contributed by atoms with Gasteiger partial charge in [0, 0.05) is 0 Å². The normalized spacial score (nSPS) is 18.9. The van der Waals surface area contributed by atoms with E-state index in [2.05, 4.69) is 0 Å². The first-order chi connectivity index (χ1) is 12.9. The number of halogens is 1. The lowest BCUT2D eigenvalue weighted by atomic mass is 10.0. The van der Waals surface area contributed by atoms with Gasteiger partial charge in [0.05, 0.1) is 0 Å². The van der Waals surface area contributed by atoms with Crippen molar-refractivity contribution in [1.29, 1.82) is 0 Å². The molecule has 0 aromatic heterocycles. The third kappa shape index (κ3) is 3.75. The SMILES string of the molecule is CC(C)=C(C(=O)OC(c1ccccc1)c1ccccc1)N1C(=O)[C@H](N)[C@@H]1Cl. The van der Waals surface area contributed by atoms with Crippen LogP contribution in [0.2, 0.25) is 0 Å². The third-order valence-corrected chi connectivity index (χ3v) is 4.87. The fourth-order valence-electron chi connectivity index (χ4n) is 3.00. The van der Waals surface area contributed by atoms with Gasteiger partial charge in [-0.2, -0.15) is 0 Å². The Bertz CT molecular complexity index is 824. The van der Waals surface area contributed by atoms with E-state index in [1.807, 2.05) is 60.7 Å². The highest BCUT2D eigenvalue weighted by Crippen LogP contribution is 2.32. The molecular formula is C21H21ClN2O3. The topological polar surface area (TPSA) is 72.6 Å². The molecule has 0 unspecified atom stereocenters. The summed E-state index contributed by atoms with van der Waals surface area (Å²) in [6, 6.07) is 18.1. The maximum Gasteiger partial charge on any atom is 0.355 e. The molecule has 1 aliphatic rings. The average Bonchev–Trinajstić information content (AvgIpc) is 2.70. The Balaban J connectivity index is 1.92. The lowest BCUT2D eigenvalue weighted by molar-refractivity contribution is -0.153. The number of ether oxygens (including phenoxy) is 1. The van der Waals surface area contributed by atoms with Crippen LogP contribution in [0.4, 0.5) is 0 Å². The summed E-state index contributed by atoms with van der Waals surface area (Å²) in [6.07, 6.45) is -0.604. The van der Waals surface area contributed by atoms with E-state index in [9.17, 15) is 9.59 Å². The second-order valence-electron chi connectivity index (χ2n) is 6.56. The largest absolute Gasteiger partial charge is 0.448 e. The van der Waals surface area contributed by atoms with E-state index in [-0.39, 0.29) is 11.6 Å². The van der Waals surface area contributed by atoms with Crippen LogP contribution < -0.4 is 5.73 Å². The summed E-state index contributed by atoms with van der Waals surface area (Å²) in [5.41, 5.74) is 7.35. The number of nitrogens with zero attached hydrogens (tertiary/aromatic N) is 1. The van der Waals surface area contributed by atoms with Gasteiger partial charge in [0.15, 0.2) is 6.10 Å². The molecule has 0 radical (unpaired) electrons. The van der Waals surface area contributed by atoms with Crippen LogP contribution in [-0.4, -0.2) is 28.3 Å². The van der Waals surface area contributed by atoms with Gasteiger partial charge in [-0.05, 0) is 30.5 Å². The molecule has 2 atom stereocenters. The van der Waals surface area contributed by atoms with Crippen LogP contribution in [0.5, 0.6) is 0 Å². The molecule has 27 heavy (non-hydrogen) atoms. The predicted octanol–water partition coefficient (Wildman–Crippen LogP) is 3.35. The maximum atomic E-state index is 13.0. The molecule has 1 saturated heterocycles. The molecule has 2 N–H and O–H groups in total. The fraction of sp³-hybridized carbons (Fsp3) is 0.238. The number of amides is 1. The molecule has 0 saturated carbocycles. The Morgan fingerprint density at radius 2 is 1.52 bits per heavy atom. The van der Waals surface area contributed by atoms with Crippen LogP contribution in [0.1, 0.15) is 31.1 Å². The molecule has 2 aromatic carbocycles. The van der Waals surface area contributed by atoms with E-state index in [0.717, 1.165) is 11.1 Å². The van der Waals surface area contributed by atoms with Crippen LogP contribution in [0.25, 0.3) is 0 Å². The minimum atomic E-state index is -0.812. The summed E-state index contributed by atoms with van der Waals surface area (Å²) in [6.45, 7) is 3.47. The van der Waals surface area contributed by atoms with Crippen molar-refractivity contribution in [3.8, 4) is 0 Å². The molecule has 1 amide bonds. The number of hydrogen-bond acceptors (Lipinski definition) is 4. The van der Waals surface area contributed by atoms with Gasteiger partial charge >= 0.3 is 5.97 Å². The van der Waals surface area contributed by atoms with Gasteiger partial charge in [-0.15, -0.1) is 0 Å². The maximum absolute atomic E-state index is 13.0. The van der Waals surface area contributed by atoms with E-state index < -0.39 is 23.6 Å². The van der Waals surface area contributed by atoms with E-state index in [1.165, 1.54) is 4.90 Å². The standard InChI is InChI=1S/C21H21ClN2O3/c1-13(2)17(24-19(22)16(23)20(24)25)21(26)27-18(14-9-5-3-6-10-14)15-11-7-4-8-12-15/h3-12,16,18-19H,23H2,1-2H3/t16-,19-/m1/s1. The van der Waals surface area contributed by atoms with Gasteiger partial charge in [-0.1, -0.05) is 72.3 Å². The zero-order valence-electron chi connectivity index (χ0n) is 15.1. The number of allylic oxidation sites excluding steroid dienone is 1. The molecule has 1 aliphatic heterocycles. The van der Waals surface area contributed by atoms with Crippen LogP contribution in [-0.2, 0) is 14.3 Å². The fourth-order valence-corrected chi connectivity index (χ4v) is 3.30. The van der Waals surface area contributed by atoms with E-state index in [0.29, 0.717) is 5.57 Å². The first-order valence-electron chi connectivity index (χ1n) is 8.63. The Kier molecular flexibility index (Phi) is 5.63. The van der Waals surface area contributed by atoms with Crippen molar-refractivity contribution >= 4 is 23.5 Å². The molecule has 3 rings (SSSR count). The van der Waals surface area contributed by atoms with Gasteiger partial charge in [0.25, 0.3) is 0 Å². The first kappa shape index (κ1) is 19.1. The van der Waals surface area contributed by atoms with Crippen LogP contribution in [0.15, 0.2) is 71.9 Å². The highest BCUT2D eigenvalue weighted by molar-refractivity contribution is 6.27. The number of alkyl halides is 1. The molecule has 0 bridgehead atoms. The molecule has 2 aromatic rings. The minimum Gasteiger partial charge on any atom is -0.448 e. The van der Waals surface area contributed by atoms with Crippen molar-refractivity contribution in [1.82, 2.24) is 4.90 Å². The van der Waals surface area contributed by atoms with Gasteiger partial charge in [-0.3, -0.25) is 9.69 Å². The molecule has 6 heteroatoms. The molecule has 1 fully saturated rings. The Labute approximate surface area is 163 Å². The summed E-state index contributed by atoms with van der Waals surface area (Å²) in [4.78, 5) is 26.3. The van der Waals surface area contributed by atoms with Crippen molar-refractivity contribution in [3.05, 3.63) is 83.1 Å². The highest BCUT2D eigenvalue weighted by Gasteiger charge is 2.48. The van der Waals surface area contributed by atoms with E-state index in [1.54, 1.807) is 13.8 Å². The van der Waals surface area contributed by atoms with Crippen molar-refractivity contribution in [3.63, 3.8) is 0 Å². The highest BCUT2D eigenvalue weighted by atomic mass is 35.5. The summed E-state index contributed by atoms with van der Waals surface area (Å²) in [5.74, 6) is -1.00. The van der Waals surface area contributed by atoms with Crippen molar-refractivity contribution in [2.24, 2.45) is 5.73 Å². The van der Waals surface area contributed by atoms with Gasteiger partial charge in [-0.25, -0.2) is 4.79 Å². The lowest BCUT2D eigenvalue weighted by Crippen LogP contribution is -2.66. The number of carbonyl (C=O) groups excluding carboxylic acids is 2. The number of rotatable bonds is 5. The molecule has 0 aliphatic carbocycles. The van der Waals surface area contributed by atoms with E-state index in [4.69, 9.17) is 22.1 Å². The zero-order chi connectivity index (χ0) is 19.6. The molecule has 5 nitrogen and oxygen atoms in total. The molecule has 140 valence electrons. The van der Waals surface area contributed by atoms with Crippen molar-refractivity contribution in [2.75, 3.05) is 0 Å². The molecule has 1 heterocycles. The molecule has 0 spiro atoms. The van der Waals surface area contributed by atoms with Crippen LogP contribution in [0.3, 0.4) is 0 Å². The first-order valence-corrected chi connectivity index (χ1v) is 9.06. The number of esters is 1. The number of nitrogens with two attached hydrogens (primary N) is 1.